The molecule has 0 amide bonds. The summed E-state index contributed by atoms with van der Waals surface area (Å²) in [6, 6.07) is 3.17. The van der Waals surface area contributed by atoms with E-state index in [2.05, 4.69) is 24.6 Å². The summed E-state index contributed by atoms with van der Waals surface area (Å²) in [6.07, 6.45) is 6.36. The highest BCUT2D eigenvalue weighted by molar-refractivity contribution is 6.76. The normalized spacial score (nSPS) is 22.1. The predicted octanol–water partition coefficient (Wildman–Crippen LogP) is 3.37. The first-order chi connectivity index (χ1) is 10.9. The smallest absolute Gasteiger partial charge is 0.160 e. The van der Waals surface area contributed by atoms with Gasteiger partial charge in [-0.15, -0.1) is 0 Å². The van der Waals surface area contributed by atoms with Gasteiger partial charge in [0, 0.05) is 26.8 Å². The van der Waals surface area contributed by atoms with E-state index < -0.39 is 8.07 Å². The lowest BCUT2D eigenvalue weighted by atomic mass is 10.0. The highest BCUT2D eigenvalue weighted by atomic mass is 28.3. The van der Waals surface area contributed by atoms with Gasteiger partial charge in [-0.3, -0.25) is 0 Å². The minimum atomic E-state index is -1.04. The number of ether oxygens (including phenoxy) is 1. The molecule has 1 aliphatic carbocycles. The van der Waals surface area contributed by atoms with E-state index in [9.17, 15) is 5.11 Å². The van der Waals surface area contributed by atoms with Crippen LogP contribution in [0.4, 0.5) is 0 Å². The molecule has 3 rings (SSSR count). The van der Waals surface area contributed by atoms with Crippen molar-refractivity contribution in [2.75, 3.05) is 6.61 Å². The molecule has 0 saturated heterocycles. The first-order valence-corrected chi connectivity index (χ1v) is 12.2. The summed E-state index contributed by atoms with van der Waals surface area (Å²) in [5, 5.41) is 9.69. The van der Waals surface area contributed by atoms with Crippen molar-refractivity contribution >= 4 is 19.2 Å². The van der Waals surface area contributed by atoms with Crippen molar-refractivity contribution in [3.63, 3.8) is 0 Å². The fourth-order valence-electron chi connectivity index (χ4n) is 3.04. The molecule has 2 aromatic rings. The van der Waals surface area contributed by atoms with Crippen molar-refractivity contribution < 1.29 is 9.84 Å². The maximum Gasteiger partial charge on any atom is 0.160 e. The van der Waals surface area contributed by atoms with E-state index in [1.807, 2.05) is 23.0 Å². The quantitative estimate of drug-likeness (QED) is 0.650. The SMILES string of the molecule is C[Si](C)(C)CCOCn1ccc2nc(C3CCC(O)C3)cnc21. The Balaban J connectivity index is 1.64. The van der Waals surface area contributed by atoms with Gasteiger partial charge < -0.3 is 14.4 Å². The van der Waals surface area contributed by atoms with Gasteiger partial charge in [-0.25, -0.2) is 9.97 Å². The molecule has 0 radical (unpaired) electrons. The van der Waals surface area contributed by atoms with Crippen LogP contribution >= 0.6 is 0 Å². The number of fused-ring (bicyclic) bond motifs is 1. The molecule has 126 valence electrons. The molecule has 1 aliphatic rings. The Labute approximate surface area is 138 Å². The highest BCUT2D eigenvalue weighted by Gasteiger charge is 2.25. The molecule has 2 atom stereocenters. The molecular formula is C17H27N3O2Si. The van der Waals surface area contributed by atoms with Crippen molar-refractivity contribution in [2.45, 2.75) is 63.7 Å². The van der Waals surface area contributed by atoms with E-state index in [4.69, 9.17) is 9.72 Å². The van der Waals surface area contributed by atoms with Crippen LogP contribution in [-0.4, -0.2) is 40.4 Å². The zero-order valence-electron chi connectivity index (χ0n) is 14.3. The van der Waals surface area contributed by atoms with Crippen LogP contribution in [0.15, 0.2) is 18.5 Å². The minimum Gasteiger partial charge on any atom is -0.393 e. The summed E-state index contributed by atoms with van der Waals surface area (Å²) in [5.41, 5.74) is 2.80. The van der Waals surface area contributed by atoms with Crippen LogP contribution in [0.1, 0.15) is 30.9 Å². The van der Waals surface area contributed by atoms with Gasteiger partial charge in [-0.05, 0) is 31.4 Å². The topological polar surface area (TPSA) is 60.2 Å². The van der Waals surface area contributed by atoms with E-state index in [0.29, 0.717) is 12.6 Å². The zero-order valence-corrected chi connectivity index (χ0v) is 15.3. The molecule has 0 aliphatic heterocycles. The largest absolute Gasteiger partial charge is 0.393 e. The van der Waals surface area contributed by atoms with E-state index in [-0.39, 0.29) is 6.10 Å². The molecule has 2 heterocycles. The molecule has 23 heavy (non-hydrogen) atoms. The van der Waals surface area contributed by atoms with Crippen LogP contribution in [0.25, 0.3) is 11.2 Å². The van der Waals surface area contributed by atoms with Crippen LogP contribution in [0.5, 0.6) is 0 Å². The molecule has 6 heteroatoms. The second kappa shape index (κ2) is 6.71. The van der Waals surface area contributed by atoms with Gasteiger partial charge >= 0.3 is 0 Å². The Hall–Kier alpha value is -1.24. The maximum absolute atomic E-state index is 9.69. The number of rotatable bonds is 6. The summed E-state index contributed by atoms with van der Waals surface area (Å²) < 4.78 is 7.82. The number of hydrogen-bond acceptors (Lipinski definition) is 4. The summed E-state index contributed by atoms with van der Waals surface area (Å²) in [6.45, 7) is 8.40. The van der Waals surface area contributed by atoms with E-state index in [0.717, 1.165) is 42.7 Å². The molecular weight excluding hydrogens is 306 g/mol. The molecule has 0 spiro atoms. The second-order valence-corrected chi connectivity index (χ2v) is 13.4. The van der Waals surface area contributed by atoms with E-state index in [1.54, 1.807) is 0 Å². The second-order valence-electron chi connectivity index (χ2n) is 7.80. The molecule has 5 nitrogen and oxygen atoms in total. The molecule has 1 fully saturated rings. The van der Waals surface area contributed by atoms with Gasteiger partial charge in [0.1, 0.15) is 12.2 Å². The third kappa shape index (κ3) is 4.19. The van der Waals surface area contributed by atoms with Crippen molar-refractivity contribution in [1.82, 2.24) is 14.5 Å². The predicted molar refractivity (Wildman–Crippen MR) is 94.2 cm³/mol. The van der Waals surface area contributed by atoms with Crippen molar-refractivity contribution in [2.24, 2.45) is 0 Å². The van der Waals surface area contributed by atoms with Crippen LogP contribution in [-0.2, 0) is 11.5 Å². The summed E-state index contributed by atoms with van der Waals surface area (Å²) in [4.78, 5) is 9.32. The Morgan fingerprint density at radius 3 is 2.87 bits per heavy atom. The first kappa shape index (κ1) is 16.6. The summed E-state index contributed by atoms with van der Waals surface area (Å²) in [7, 11) is -1.04. The van der Waals surface area contributed by atoms with Crippen molar-refractivity contribution in [1.29, 1.82) is 0 Å². The van der Waals surface area contributed by atoms with Gasteiger partial charge in [0.25, 0.3) is 0 Å². The number of nitrogens with zero attached hydrogens (tertiary/aromatic N) is 3. The Morgan fingerprint density at radius 1 is 1.35 bits per heavy atom. The lowest BCUT2D eigenvalue weighted by Crippen LogP contribution is -2.22. The monoisotopic (exact) mass is 333 g/mol. The van der Waals surface area contributed by atoms with E-state index in [1.165, 1.54) is 6.04 Å². The summed E-state index contributed by atoms with van der Waals surface area (Å²) in [5.74, 6) is 0.346. The molecule has 2 unspecified atom stereocenters. The lowest BCUT2D eigenvalue weighted by Gasteiger charge is -2.15. The number of hydrogen-bond donors (Lipinski definition) is 1. The van der Waals surface area contributed by atoms with Crippen LogP contribution in [0.3, 0.4) is 0 Å². The van der Waals surface area contributed by atoms with Gasteiger partial charge in [0.05, 0.1) is 18.0 Å². The highest BCUT2D eigenvalue weighted by Crippen LogP contribution is 2.33. The first-order valence-electron chi connectivity index (χ1n) is 8.50. The minimum absolute atomic E-state index is 0.179. The van der Waals surface area contributed by atoms with Crippen molar-refractivity contribution in [3.8, 4) is 0 Å². The molecule has 2 aromatic heterocycles. The molecule has 1 N–H and O–H groups in total. The van der Waals surface area contributed by atoms with Crippen LogP contribution in [0, 0.1) is 0 Å². The maximum atomic E-state index is 9.69. The Kier molecular flexibility index (Phi) is 4.84. The molecule has 0 bridgehead atoms. The Morgan fingerprint density at radius 2 is 2.17 bits per heavy atom. The fraction of sp³-hybridized carbons (Fsp3) is 0.647. The average molecular weight is 334 g/mol. The fourth-order valence-corrected chi connectivity index (χ4v) is 3.80. The van der Waals surface area contributed by atoms with Crippen LogP contribution in [0.2, 0.25) is 25.7 Å². The van der Waals surface area contributed by atoms with E-state index >= 15 is 0 Å². The van der Waals surface area contributed by atoms with Crippen LogP contribution < -0.4 is 0 Å². The third-order valence-corrected chi connectivity index (χ3v) is 6.24. The van der Waals surface area contributed by atoms with Crippen molar-refractivity contribution in [3.05, 3.63) is 24.2 Å². The van der Waals surface area contributed by atoms with Gasteiger partial charge in [0.15, 0.2) is 5.65 Å². The van der Waals surface area contributed by atoms with Gasteiger partial charge in [0.2, 0.25) is 0 Å². The van der Waals surface area contributed by atoms with Gasteiger partial charge in [-0.2, -0.15) is 0 Å². The van der Waals surface area contributed by atoms with Gasteiger partial charge in [-0.1, -0.05) is 19.6 Å². The lowest BCUT2D eigenvalue weighted by molar-refractivity contribution is 0.0899. The number of aliphatic hydroxyl groups excluding tert-OH is 1. The summed E-state index contributed by atoms with van der Waals surface area (Å²) >= 11 is 0. The number of aromatic nitrogens is 3. The standard InChI is InChI=1S/C17H27N3O2Si/c1-23(2,3)9-8-22-12-20-7-6-15-17(20)18-11-16(19-15)13-4-5-14(21)10-13/h6-7,11,13-14,21H,4-5,8-10,12H2,1-3H3. The Bertz CT molecular complexity index is 665. The average Bonchev–Trinajstić information content (AvgIpc) is 3.08. The zero-order chi connectivity index (χ0) is 16.4. The molecule has 1 saturated carbocycles. The molecule has 0 aromatic carbocycles. The number of aliphatic hydroxyl groups is 1. The third-order valence-electron chi connectivity index (χ3n) is 4.53.